The van der Waals surface area contributed by atoms with Crippen LogP contribution < -0.4 is 5.32 Å². The minimum atomic E-state index is -0.0214. The molecular formula is C13H20ClN3O. The minimum absolute atomic E-state index is 0.0214. The quantitative estimate of drug-likeness (QED) is 0.808. The van der Waals surface area contributed by atoms with E-state index in [0.29, 0.717) is 16.5 Å². The lowest BCUT2D eigenvalue weighted by atomic mass is 10.2. The predicted octanol–water partition coefficient (Wildman–Crippen LogP) is 3.04. The van der Waals surface area contributed by atoms with Gasteiger partial charge >= 0.3 is 0 Å². The van der Waals surface area contributed by atoms with E-state index < -0.39 is 0 Å². The highest BCUT2D eigenvalue weighted by Crippen LogP contribution is 2.16. The van der Waals surface area contributed by atoms with Gasteiger partial charge in [0.1, 0.15) is 11.0 Å². The largest absolute Gasteiger partial charge is 0.370 e. The van der Waals surface area contributed by atoms with Gasteiger partial charge in [0.25, 0.3) is 5.91 Å². The molecule has 0 unspecified atom stereocenters. The molecule has 5 heteroatoms. The zero-order valence-electron chi connectivity index (χ0n) is 11.2. The first-order valence-corrected chi connectivity index (χ1v) is 6.63. The normalized spacial score (nSPS) is 10.2. The SMILES string of the molecule is CCCCN(C)C(=O)c1cc(Cl)nc(NCC)c1. The molecule has 1 N–H and O–H groups in total. The van der Waals surface area contributed by atoms with Crippen LogP contribution in [0.5, 0.6) is 0 Å². The summed E-state index contributed by atoms with van der Waals surface area (Å²) in [6.45, 7) is 5.57. The van der Waals surface area contributed by atoms with E-state index in [2.05, 4.69) is 17.2 Å². The van der Waals surface area contributed by atoms with Crippen LogP contribution >= 0.6 is 11.6 Å². The van der Waals surface area contributed by atoms with Crippen LogP contribution in [0.25, 0.3) is 0 Å². The monoisotopic (exact) mass is 269 g/mol. The van der Waals surface area contributed by atoms with Crippen molar-refractivity contribution in [3.8, 4) is 0 Å². The second-order valence-electron chi connectivity index (χ2n) is 4.17. The number of anilines is 1. The molecular weight excluding hydrogens is 250 g/mol. The molecule has 0 spiro atoms. The first-order valence-electron chi connectivity index (χ1n) is 6.25. The van der Waals surface area contributed by atoms with Crippen molar-refractivity contribution in [2.24, 2.45) is 0 Å². The van der Waals surface area contributed by atoms with Crippen LogP contribution in [-0.2, 0) is 0 Å². The summed E-state index contributed by atoms with van der Waals surface area (Å²) in [5, 5.41) is 3.39. The fraction of sp³-hybridized carbons (Fsp3) is 0.538. The molecule has 1 rings (SSSR count). The predicted molar refractivity (Wildman–Crippen MR) is 75.3 cm³/mol. The Kier molecular flexibility index (Phi) is 5.92. The van der Waals surface area contributed by atoms with Crippen LogP contribution in [0.3, 0.4) is 0 Å². The minimum Gasteiger partial charge on any atom is -0.370 e. The summed E-state index contributed by atoms with van der Waals surface area (Å²) in [5.41, 5.74) is 0.574. The third-order valence-corrected chi connectivity index (χ3v) is 2.79. The van der Waals surface area contributed by atoms with Gasteiger partial charge in [-0.25, -0.2) is 4.98 Å². The number of pyridine rings is 1. The van der Waals surface area contributed by atoms with E-state index in [9.17, 15) is 4.79 Å². The number of halogens is 1. The molecule has 0 fully saturated rings. The first-order chi connectivity index (χ1) is 8.58. The van der Waals surface area contributed by atoms with Gasteiger partial charge in [-0.3, -0.25) is 4.79 Å². The van der Waals surface area contributed by atoms with Crippen LogP contribution in [0.2, 0.25) is 5.15 Å². The topological polar surface area (TPSA) is 45.2 Å². The number of nitrogens with one attached hydrogen (secondary N) is 1. The maximum absolute atomic E-state index is 12.2. The lowest BCUT2D eigenvalue weighted by molar-refractivity contribution is 0.0793. The molecule has 0 saturated heterocycles. The van der Waals surface area contributed by atoms with E-state index in [1.54, 1.807) is 24.1 Å². The summed E-state index contributed by atoms with van der Waals surface area (Å²) in [6, 6.07) is 3.34. The fourth-order valence-corrected chi connectivity index (χ4v) is 1.82. The standard InChI is InChI=1S/C13H20ClN3O/c1-4-6-7-17(3)13(18)10-8-11(14)16-12(9-10)15-5-2/h8-9H,4-7H2,1-3H3,(H,15,16). The number of hydrogen-bond donors (Lipinski definition) is 1. The average Bonchev–Trinajstić information content (AvgIpc) is 2.34. The number of carbonyl (C=O) groups excluding carboxylic acids is 1. The van der Waals surface area contributed by atoms with Crippen LogP contribution in [0.15, 0.2) is 12.1 Å². The van der Waals surface area contributed by atoms with E-state index in [0.717, 1.165) is 25.9 Å². The highest BCUT2D eigenvalue weighted by molar-refractivity contribution is 6.29. The molecule has 100 valence electrons. The molecule has 1 aromatic rings. The van der Waals surface area contributed by atoms with Gasteiger partial charge in [0.05, 0.1) is 0 Å². The summed E-state index contributed by atoms with van der Waals surface area (Å²) in [5.74, 6) is 0.615. The third-order valence-electron chi connectivity index (χ3n) is 2.59. The van der Waals surface area contributed by atoms with E-state index >= 15 is 0 Å². The van der Waals surface area contributed by atoms with Gasteiger partial charge in [0, 0.05) is 25.7 Å². The first kappa shape index (κ1) is 14.8. The molecule has 0 aromatic carbocycles. The maximum Gasteiger partial charge on any atom is 0.253 e. The van der Waals surface area contributed by atoms with Gasteiger partial charge in [-0.1, -0.05) is 24.9 Å². The van der Waals surface area contributed by atoms with Crippen molar-refractivity contribution in [1.82, 2.24) is 9.88 Å². The molecule has 18 heavy (non-hydrogen) atoms. The van der Waals surface area contributed by atoms with Gasteiger partial charge in [-0.2, -0.15) is 0 Å². The molecule has 0 atom stereocenters. The molecule has 0 saturated carbocycles. The van der Waals surface area contributed by atoms with Crippen LogP contribution in [-0.4, -0.2) is 35.9 Å². The van der Waals surface area contributed by atoms with Crippen molar-refractivity contribution in [2.75, 3.05) is 25.5 Å². The second kappa shape index (κ2) is 7.21. The van der Waals surface area contributed by atoms with Crippen molar-refractivity contribution >= 4 is 23.3 Å². The third kappa shape index (κ3) is 4.18. The fourth-order valence-electron chi connectivity index (χ4n) is 1.61. The van der Waals surface area contributed by atoms with Crippen LogP contribution in [0.1, 0.15) is 37.0 Å². The molecule has 0 bridgehead atoms. The Labute approximate surface area is 113 Å². The van der Waals surface area contributed by atoms with Crippen molar-refractivity contribution in [3.05, 3.63) is 22.8 Å². The average molecular weight is 270 g/mol. The maximum atomic E-state index is 12.2. The summed E-state index contributed by atoms with van der Waals surface area (Å²) in [4.78, 5) is 18.0. The van der Waals surface area contributed by atoms with E-state index in [1.165, 1.54) is 0 Å². The number of amides is 1. The van der Waals surface area contributed by atoms with Crippen molar-refractivity contribution in [1.29, 1.82) is 0 Å². The van der Waals surface area contributed by atoms with Crippen LogP contribution in [0.4, 0.5) is 5.82 Å². The number of rotatable bonds is 6. The molecule has 0 aliphatic heterocycles. The number of aromatic nitrogens is 1. The van der Waals surface area contributed by atoms with E-state index in [4.69, 9.17) is 11.6 Å². The van der Waals surface area contributed by atoms with Gasteiger partial charge in [0.15, 0.2) is 0 Å². The number of hydrogen-bond acceptors (Lipinski definition) is 3. The second-order valence-corrected chi connectivity index (χ2v) is 4.56. The van der Waals surface area contributed by atoms with Crippen molar-refractivity contribution in [3.63, 3.8) is 0 Å². The highest BCUT2D eigenvalue weighted by Gasteiger charge is 2.13. The van der Waals surface area contributed by atoms with E-state index in [-0.39, 0.29) is 5.91 Å². The summed E-state index contributed by atoms with van der Waals surface area (Å²) >= 11 is 5.92. The number of nitrogens with zero attached hydrogens (tertiary/aromatic N) is 2. The molecule has 1 amide bonds. The molecule has 0 aliphatic carbocycles. The Morgan fingerprint density at radius 1 is 1.44 bits per heavy atom. The van der Waals surface area contributed by atoms with Gasteiger partial charge in [0.2, 0.25) is 0 Å². The zero-order chi connectivity index (χ0) is 13.5. The smallest absolute Gasteiger partial charge is 0.253 e. The summed E-state index contributed by atoms with van der Waals surface area (Å²) in [7, 11) is 1.80. The Morgan fingerprint density at radius 2 is 2.17 bits per heavy atom. The molecule has 4 nitrogen and oxygen atoms in total. The lowest BCUT2D eigenvalue weighted by Crippen LogP contribution is -2.27. The molecule has 0 radical (unpaired) electrons. The van der Waals surface area contributed by atoms with Gasteiger partial charge in [-0.15, -0.1) is 0 Å². The Hall–Kier alpha value is -1.29. The van der Waals surface area contributed by atoms with Crippen LogP contribution in [0, 0.1) is 0 Å². The summed E-state index contributed by atoms with van der Waals surface area (Å²) < 4.78 is 0. The molecule has 0 aliphatic rings. The summed E-state index contributed by atoms with van der Waals surface area (Å²) in [6.07, 6.45) is 2.07. The number of carbonyl (C=O) groups is 1. The van der Waals surface area contributed by atoms with Crippen molar-refractivity contribution < 1.29 is 4.79 Å². The highest BCUT2D eigenvalue weighted by atomic mass is 35.5. The van der Waals surface area contributed by atoms with Crippen molar-refractivity contribution in [2.45, 2.75) is 26.7 Å². The molecule has 1 heterocycles. The Morgan fingerprint density at radius 3 is 2.78 bits per heavy atom. The van der Waals surface area contributed by atoms with Gasteiger partial charge in [-0.05, 0) is 25.5 Å². The molecule has 1 aromatic heterocycles. The zero-order valence-corrected chi connectivity index (χ0v) is 11.9. The Balaban J connectivity index is 2.84. The lowest BCUT2D eigenvalue weighted by Gasteiger charge is -2.17. The van der Waals surface area contributed by atoms with E-state index in [1.807, 2.05) is 6.92 Å². The van der Waals surface area contributed by atoms with Gasteiger partial charge < -0.3 is 10.2 Å². The Bertz CT molecular complexity index is 409. The number of unbranched alkanes of at least 4 members (excludes halogenated alkanes) is 1.